The minimum absolute atomic E-state index is 0.100. The molecule has 11 heteroatoms. The molecule has 3 N–H and O–H groups in total. The number of aromatic nitrogens is 1. The normalized spacial score (nSPS) is 11.2. The molecule has 0 radical (unpaired) electrons. The second kappa shape index (κ2) is 15.5. The van der Waals surface area contributed by atoms with E-state index in [0.717, 1.165) is 19.4 Å². The third-order valence-corrected chi connectivity index (χ3v) is 5.51. The first-order chi connectivity index (χ1) is 18.0. The summed E-state index contributed by atoms with van der Waals surface area (Å²) < 4.78 is 23.3. The molecule has 1 aromatic carbocycles. The maximum atomic E-state index is 13.0. The van der Waals surface area contributed by atoms with Crippen LogP contribution in [0.5, 0.6) is 5.75 Å². The standard InChI is InChI=1S/C27H39BrN4O6/c1-6-7-11-35-12-13-36-14-15-37-23-19(18-32(5)26(34)38-27(2,3)4)9-8-10-22(23)31-25(33)21-16-20(28)17-30-24(21)29/h8-10,16-17H,6-7,11-15,18H2,1-5H3,(H2,29,30)(H,31,33). The van der Waals surface area contributed by atoms with Crippen molar-refractivity contribution >= 4 is 39.4 Å². The van der Waals surface area contributed by atoms with Crippen LogP contribution in [-0.2, 0) is 20.8 Å². The lowest BCUT2D eigenvalue weighted by Gasteiger charge is -2.25. The summed E-state index contributed by atoms with van der Waals surface area (Å²) in [6.45, 7) is 9.96. The van der Waals surface area contributed by atoms with Crippen molar-refractivity contribution in [2.75, 3.05) is 51.1 Å². The van der Waals surface area contributed by atoms with Crippen LogP contribution in [-0.4, -0.2) is 67.6 Å². The zero-order valence-corrected chi connectivity index (χ0v) is 24.4. The van der Waals surface area contributed by atoms with Gasteiger partial charge in [-0.3, -0.25) is 4.79 Å². The van der Waals surface area contributed by atoms with Crippen molar-refractivity contribution in [3.05, 3.63) is 46.1 Å². The summed E-state index contributed by atoms with van der Waals surface area (Å²) in [5, 5.41) is 2.86. The molecule has 2 rings (SSSR count). The van der Waals surface area contributed by atoms with Crippen LogP contribution in [0.15, 0.2) is 34.9 Å². The number of benzene rings is 1. The lowest BCUT2D eigenvalue weighted by Crippen LogP contribution is -2.34. The molecule has 0 aliphatic carbocycles. The molecule has 0 atom stereocenters. The number of hydrogen-bond donors (Lipinski definition) is 2. The lowest BCUT2D eigenvalue weighted by molar-refractivity contribution is 0.0280. The van der Waals surface area contributed by atoms with Crippen LogP contribution in [0.4, 0.5) is 16.3 Å². The SMILES string of the molecule is CCCCOCCOCCOc1c(CN(C)C(=O)OC(C)(C)C)cccc1NC(=O)c1cc(Br)cnc1N. The van der Waals surface area contributed by atoms with Gasteiger partial charge in [-0.25, -0.2) is 9.78 Å². The Morgan fingerprint density at radius 2 is 1.79 bits per heavy atom. The Balaban J connectivity index is 2.16. The van der Waals surface area contributed by atoms with Crippen molar-refractivity contribution in [2.24, 2.45) is 0 Å². The molecular formula is C27H39BrN4O6. The van der Waals surface area contributed by atoms with E-state index in [2.05, 4.69) is 33.2 Å². The fraction of sp³-hybridized carbons (Fsp3) is 0.519. The third kappa shape index (κ3) is 10.8. The van der Waals surface area contributed by atoms with Crippen LogP contribution < -0.4 is 15.8 Å². The molecule has 2 aromatic rings. The summed E-state index contributed by atoms with van der Waals surface area (Å²) in [6, 6.07) is 6.90. The number of carbonyl (C=O) groups is 2. The minimum atomic E-state index is -0.629. The van der Waals surface area contributed by atoms with Gasteiger partial charge in [0.05, 0.1) is 37.6 Å². The zero-order chi connectivity index (χ0) is 28.1. The average Bonchev–Trinajstić information content (AvgIpc) is 2.84. The van der Waals surface area contributed by atoms with Crippen LogP contribution in [0.25, 0.3) is 0 Å². The number of nitrogens with zero attached hydrogens (tertiary/aromatic N) is 2. The number of nitrogen functional groups attached to an aromatic ring is 1. The van der Waals surface area contributed by atoms with E-state index >= 15 is 0 Å². The molecule has 0 saturated carbocycles. The Labute approximate surface area is 233 Å². The Hall–Kier alpha value is -2.89. The number of halogens is 1. The number of amides is 2. The quantitative estimate of drug-likeness (QED) is 0.284. The van der Waals surface area contributed by atoms with Crippen LogP contribution in [0.2, 0.25) is 0 Å². The van der Waals surface area contributed by atoms with E-state index in [0.29, 0.717) is 41.3 Å². The Bertz CT molecular complexity index is 1060. The molecule has 38 heavy (non-hydrogen) atoms. The second-order valence-electron chi connectivity index (χ2n) is 9.60. The molecule has 0 fully saturated rings. The molecule has 0 aliphatic rings. The number of hydrogen-bond acceptors (Lipinski definition) is 8. The van der Waals surface area contributed by atoms with Crippen LogP contribution in [0, 0.1) is 0 Å². The van der Waals surface area contributed by atoms with Crippen molar-refractivity contribution in [1.82, 2.24) is 9.88 Å². The summed E-state index contributed by atoms with van der Waals surface area (Å²) in [4.78, 5) is 31.1. The predicted molar refractivity (Wildman–Crippen MR) is 150 cm³/mol. The highest BCUT2D eigenvalue weighted by atomic mass is 79.9. The number of nitrogens with two attached hydrogens (primary N) is 1. The van der Waals surface area contributed by atoms with Gasteiger partial charge >= 0.3 is 6.09 Å². The topological polar surface area (TPSA) is 125 Å². The molecule has 1 heterocycles. The summed E-state index contributed by atoms with van der Waals surface area (Å²) in [5.74, 6) is 0.0726. The monoisotopic (exact) mass is 594 g/mol. The molecule has 0 bridgehead atoms. The fourth-order valence-corrected chi connectivity index (χ4v) is 3.56. The number of pyridine rings is 1. The highest BCUT2D eigenvalue weighted by Crippen LogP contribution is 2.31. The van der Waals surface area contributed by atoms with Gasteiger partial charge in [-0.2, -0.15) is 0 Å². The van der Waals surface area contributed by atoms with Crippen molar-refractivity contribution in [3.63, 3.8) is 0 Å². The average molecular weight is 596 g/mol. The molecule has 1 aromatic heterocycles. The molecule has 0 aliphatic heterocycles. The number of anilines is 2. The van der Waals surface area contributed by atoms with Crippen molar-refractivity contribution in [3.8, 4) is 5.75 Å². The maximum absolute atomic E-state index is 13.0. The highest BCUT2D eigenvalue weighted by Gasteiger charge is 2.22. The van der Waals surface area contributed by atoms with Crippen LogP contribution in [0.1, 0.15) is 56.5 Å². The van der Waals surface area contributed by atoms with Gasteiger partial charge in [0, 0.05) is 29.9 Å². The van der Waals surface area contributed by atoms with Crippen molar-refractivity contribution in [2.45, 2.75) is 52.7 Å². The van der Waals surface area contributed by atoms with Gasteiger partial charge in [-0.1, -0.05) is 25.5 Å². The van der Waals surface area contributed by atoms with Gasteiger partial charge in [-0.05, 0) is 55.3 Å². The first-order valence-electron chi connectivity index (χ1n) is 12.6. The van der Waals surface area contributed by atoms with Crippen molar-refractivity contribution in [1.29, 1.82) is 0 Å². The smallest absolute Gasteiger partial charge is 0.410 e. The number of rotatable bonds is 14. The summed E-state index contributed by atoms with van der Waals surface area (Å²) in [7, 11) is 1.64. The highest BCUT2D eigenvalue weighted by molar-refractivity contribution is 9.10. The van der Waals surface area contributed by atoms with E-state index in [1.807, 2.05) is 6.07 Å². The zero-order valence-electron chi connectivity index (χ0n) is 22.8. The largest absolute Gasteiger partial charge is 0.489 e. The first-order valence-corrected chi connectivity index (χ1v) is 13.4. The second-order valence-corrected chi connectivity index (χ2v) is 10.5. The Morgan fingerprint density at radius 1 is 1.11 bits per heavy atom. The minimum Gasteiger partial charge on any atom is -0.489 e. The third-order valence-electron chi connectivity index (χ3n) is 5.08. The van der Waals surface area contributed by atoms with Gasteiger partial charge in [0.2, 0.25) is 0 Å². The molecular weight excluding hydrogens is 556 g/mol. The summed E-state index contributed by atoms with van der Waals surface area (Å²) in [5.41, 5.74) is 6.61. The summed E-state index contributed by atoms with van der Waals surface area (Å²) in [6.07, 6.45) is 3.15. The van der Waals surface area contributed by atoms with Gasteiger partial charge in [0.25, 0.3) is 5.91 Å². The molecule has 210 valence electrons. The first kappa shape index (κ1) is 31.3. The van der Waals surface area contributed by atoms with E-state index in [-0.39, 0.29) is 24.5 Å². The lowest BCUT2D eigenvalue weighted by atomic mass is 10.1. The van der Waals surface area contributed by atoms with Gasteiger partial charge in [0.1, 0.15) is 23.8 Å². The molecule has 10 nitrogen and oxygen atoms in total. The Morgan fingerprint density at radius 3 is 2.47 bits per heavy atom. The van der Waals surface area contributed by atoms with E-state index in [4.69, 9.17) is 24.7 Å². The van der Waals surface area contributed by atoms with Gasteiger partial charge in [0.15, 0.2) is 0 Å². The van der Waals surface area contributed by atoms with Gasteiger partial charge in [-0.15, -0.1) is 0 Å². The fourth-order valence-electron chi connectivity index (χ4n) is 3.23. The molecule has 0 unspecified atom stereocenters. The number of carbonyl (C=O) groups excluding carboxylic acids is 2. The van der Waals surface area contributed by atoms with Crippen LogP contribution >= 0.6 is 15.9 Å². The molecule has 0 saturated heterocycles. The number of para-hydroxylation sites is 1. The Kier molecular flexibility index (Phi) is 12.8. The summed E-state index contributed by atoms with van der Waals surface area (Å²) >= 11 is 3.31. The van der Waals surface area contributed by atoms with E-state index in [1.165, 1.54) is 11.1 Å². The number of ether oxygens (including phenoxy) is 4. The number of unbranched alkanes of at least 4 members (excludes halogenated alkanes) is 1. The predicted octanol–water partition coefficient (Wildman–Crippen LogP) is 5.26. The van der Waals surface area contributed by atoms with E-state index in [9.17, 15) is 9.59 Å². The van der Waals surface area contributed by atoms with Gasteiger partial charge < -0.3 is 34.9 Å². The molecule has 2 amide bonds. The molecule has 0 spiro atoms. The van der Waals surface area contributed by atoms with Crippen LogP contribution in [0.3, 0.4) is 0 Å². The van der Waals surface area contributed by atoms with E-state index in [1.54, 1.807) is 46.0 Å². The van der Waals surface area contributed by atoms with E-state index < -0.39 is 17.6 Å². The van der Waals surface area contributed by atoms with Crippen molar-refractivity contribution < 1.29 is 28.5 Å². The number of nitrogens with one attached hydrogen (secondary N) is 1. The maximum Gasteiger partial charge on any atom is 0.410 e.